The fourth-order valence-corrected chi connectivity index (χ4v) is 8.36. The van der Waals surface area contributed by atoms with Crippen LogP contribution in [0.5, 0.6) is 0 Å². The first-order chi connectivity index (χ1) is 26.7. The van der Waals surface area contributed by atoms with E-state index >= 15 is 0 Å². The molecule has 1 aromatic heterocycles. The number of nitrogens with zero attached hydrogens (tertiary/aromatic N) is 1. The van der Waals surface area contributed by atoms with E-state index in [-0.39, 0.29) is 0 Å². The average molecular weight is 688 g/mol. The van der Waals surface area contributed by atoms with Crippen LogP contribution in [0.1, 0.15) is 0 Å². The second-order valence-electron chi connectivity index (χ2n) is 14.1. The van der Waals surface area contributed by atoms with Crippen LogP contribution in [-0.2, 0) is 0 Å². The summed E-state index contributed by atoms with van der Waals surface area (Å²) in [6.45, 7) is 0. The molecule has 252 valence electrons. The van der Waals surface area contributed by atoms with Crippen molar-refractivity contribution in [3.63, 3.8) is 0 Å². The first-order valence-electron chi connectivity index (χ1n) is 18.5. The van der Waals surface area contributed by atoms with Crippen molar-refractivity contribution in [2.45, 2.75) is 0 Å². The van der Waals surface area contributed by atoms with Crippen LogP contribution in [0.25, 0.3) is 87.3 Å². The molecule has 0 saturated carbocycles. The summed E-state index contributed by atoms with van der Waals surface area (Å²) in [5.74, 6) is 0. The van der Waals surface area contributed by atoms with Gasteiger partial charge in [0.1, 0.15) is 11.2 Å². The maximum absolute atomic E-state index is 6.22. The van der Waals surface area contributed by atoms with E-state index in [1.165, 1.54) is 65.3 Å². The van der Waals surface area contributed by atoms with Crippen LogP contribution in [-0.4, -0.2) is 0 Å². The second kappa shape index (κ2) is 12.2. The molecule has 0 N–H and O–H groups in total. The predicted molar refractivity (Wildman–Crippen MR) is 229 cm³/mol. The van der Waals surface area contributed by atoms with Gasteiger partial charge in [0.15, 0.2) is 0 Å². The van der Waals surface area contributed by atoms with Gasteiger partial charge < -0.3 is 9.32 Å². The van der Waals surface area contributed by atoms with Gasteiger partial charge in [-0.25, -0.2) is 0 Å². The molecule has 0 spiro atoms. The summed E-state index contributed by atoms with van der Waals surface area (Å²) in [6, 6.07) is 72.4. The molecule has 0 bridgehead atoms. The largest absolute Gasteiger partial charge is 0.456 e. The molecule has 0 aliphatic heterocycles. The summed E-state index contributed by atoms with van der Waals surface area (Å²) in [7, 11) is 0. The number of hydrogen-bond acceptors (Lipinski definition) is 2. The van der Waals surface area contributed by atoms with Crippen molar-refractivity contribution in [2.75, 3.05) is 4.90 Å². The number of furan rings is 1. The Bertz CT molecular complexity index is 3190. The molecule has 2 heteroatoms. The number of para-hydroxylation sites is 1. The zero-order chi connectivity index (χ0) is 35.6. The van der Waals surface area contributed by atoms with Crippen molar-refractivity contribution in [3.05, 3.63) is 200 Å². The molecule has 0 atom stereocenters. The molecule has 0 unspecified atom stereocenters. The Balaban J connectivity index is 1.02. The minimum Gasteiger partial charge on any atom is -0.456 e. The van der Waals surface area contributed by atoms with E-state index < -0.39 is 0 Å². The van der Waals surface area contributed by atoms with Gasteiger partial charge in [-0.2, -0.15) is 0 Å². The van der Waals surface area contributed by atoms with E-state index in [9.17, 15) is 0 Å². The molecule has 10 aromatic carbocycles. The molecule has 0 amide bonds. The molecule has 2 nitrogen and oxygen atoms in total. The maximum Gasteiger partial charge on any atom is 0.136 e. The van der Waals surface area contributed by atoms with Crippen molar-refractivity contribution in [1.82, 2.24) is 0 Å². The van der Waals surface area contributed by atoms with E-state index in [1.54, 1.807) is 0 Å². The number of rotatable bonds is 5. The zero-order valence-corrected chi connectivity index (χ0v) is 29.4. The van der Waals surface area contributed by atoms with Gasteiger partial charge >= 0.3 is 0 Å². The molecular formula is C52H33NO. The smallest absolute Gasteiger partial charge is 0.136 e. The molecule has 0 aliphatic rings. The average Bonchev–Trinajstić information content (AvgIpc) is 3.63. The van der Waals surface area contributed by atoms with Crippen LogP contribution < -0.4 is 4.90 Å². The van der Waals surface area contributed by atoms with Gasteiger partial charge in [-0.3, -0.25) is 0 Å². The lowest BCUT2D eigenvalue weighted by molar-refractivity contribution is 0.669. The highest BCUT2D eigenvalue weighted by Gasteiger charge is 2.17. The predicted octanol–water partition coefficient (Wildman–Crippen LogP) is 15.0. The molecule has 1 heterocycles. The standard InChI is InChI=1S/C52H33NO/c1-2-8-34(9-3-1)35-16-23-41(24-17-35)53(43-27-30-45-40(32-43)22-31-51-52(45)48-12-6-7-13-50(48)54-51)42-25-18-36(19-26-42)39-15-14-38-21-28-46-44-11-5-4-10-37(44)20-29-47(46)49(38)33-39/h1-33H. The highest BCUT2D eigenvalue weighted by atomic mass is 16.3. The SMILES string of the molecule is c1ccc(-c2ccc(N(c3ccc(-c4ccc5ccc6c7ccccc7ccc6c5c4)cc3)c3ccc4c(ccc5oc6ccccc6c54)c3)cc2)cc1. The van der Waals surface area contributed by atoms with E-state index in [0.717, 1.165) is 39.0 Å². The number of hydrogen-bond donors (Lipinski definition) is 0. The lowest BCUT2D eigenvalue weighted by atomic mass is 9.94. The minimum atomic E-state index is 0.912. The molecule has 0 radical (unpaired) electrons. The van der Waals surface area contributed by atoms with E-state index in [2.05, 4.69) is 193 Å². The number of benzene rings is 10. The van der Waals surface area contributed by atoms with Crippen molar-refractivity contribution in [2.24, 2.45) is 0 Å². The molecule has 0 fully saturated rings. The topological polar surface area (TPSA) is 16.4 Å². The fourth-order valence-electron chi connectivity index (χ4n) is 8.36. The zero-order valence-electron chi connectivity index (χ0n) is 29.4. The third-order valence-corrected chi connectivity index (χ3v) is 11.0. The number of anilines is 3. The van der Waals surface area contributed by atoms with Gasteiger partial charge in [-0.1, -0.05) is 146 Å². The lowest BCUT2D eigenvalue weighted by Crippen LogP contribution is -2.09. The Labute approximate surface area is 312 Å². The fraction of sp³-hybridized carbons (Fsp3) is 0. The monoisotopic (exact) mass is 687 g/mol. The van der Waals surface area contributed by atoms with Crippen molar-refractivity contribution in [3.8, 4) is 22.3 Å². The van der Waals surface area contributed by atoms with Gasteiger partial charge in [0.25, 0.3) is 0 Å². The van der Waals surface area contributed by atoms with Crippen LogP contribution >= 0.6 is 0 Å². The summed E-state index contributed by atoms with van der Waals surface area (Å²) in [6.07, 6.45) is 0. The van der Waals surface area contributed by atoms with Crippen LogP contribution in [0.4, 0.5) is 17.1 Å². The second-order valence-corrected chi connectivity index (χ2v) is 14.1. The minimum absolute atomic E-state index is 0.912. The van der Waals surface area contributed by atoms with Crippen LogP contribution in [0.15, 0.2) is 205 Å². The first kappa shape index (κ1) is 30.5. The molecule has 54 heavy (non-hydrogen) atoms. The van der Waals surface area contributed by atoms with Crippen molar-refractivity contribution in [1.29, 1.82) is 0 Å². The van der Waals surface area contributed by atoms with Gasteiger partial charge in [-0.15, -0.1) is 0 Å². The Morgan fingerprint density at radius 3 is 1.59 bits per heavy atom. The Morgan fingerprint density at radius 2 is 0.815 bits per heavy atom. The van der Waals surface area contributed by atoms with E-state index in [4.69, 9.17) is 4.42 Å². The third-order valence-electron chi connectivity index (χ3n) is 11.0. The Morgan fingerprint density at radius 1 is 0.278 bits per heavy atom. The van der Waals surface area contributed by atoms with E-state index in [1.807, 2.05) is 12.1 Å². The van der Waals surface area contributed by atoms with Crippen molar-refractivity contribution >= 4 is 82.1 Å². The quantitative estimate of drug-likeness (QED) is 0.168. The highest BCUT2D eigenvalue weighted by molar-refractivity contribution is 6.20. The molecule has 0 aliphatic carbocycles. The summed E-state index contributed by atoms with van der Waals surface area (Å²) in [4.78, 5) is 2.36. The van der Waals surface area contributed by atoms with E-state index in [0.29, 0.717) is 0 Å². The van der Waals surface area contributed by atoms with Gasteiger partial charge in [0.05, 0.1) is 0 Å². The highest BCUT2D eigenvalue weighted by Crippen LogP contribution is 2.41. The maximum atomic E-state index is 6.22. The Hall–Kier alpha value is -7.16. The van der Waals surface area contributed by atoms with Gasteiger partial charge in [0, 0.05) is 27.8 Å². The molecule has 11 aromatic rings. The van der Waals surface area contributed by atoms with Crippen LogP contribution in [0.3, 0.4) is 0 Å². The summed E-state index contributed by atoms with van der Waals surface area (Å²) < 4.78 is 6.22. The Kier molecular flexibility index (Phi) is 6.90. The lowest BCUT2D eigenvalue weighted by Gasteiger charge is -2.26. The molecular weight excluding hydrogens is 655 g/mol. The van der Waals surface area contributed by atoms with Crippen molar-refractivity contribution < 1.29 is 4.42 Å². The third kappa shape index (κ3) is 4.96. The molecule has 0 saturated heterocycles. The van der Waals surface area contributed by atoms with Gasteiger partial charge in [-0.05, 0) is 120 Å². The summed E-state index contributed by atoms with van der Waals surface area (Å²) in [5, 5.41) is 12.3. The molecule has 11 rings (SSSR count). The summed E-state index contributed by atoms with van der Waals surface area (Å²) in [5.41, 5.74) is 9.91. The van der Waals surface area contributed by atoms with Crippen LogP contribution in [0.2, 0.25) is 0 Å². The first-order valence-corrected chi connectivity index (χ1v) is 18.5. The van der Waals surface area contributed by atoms with Gasteiger partial charge in [0.2, 0.25) is 0 Å². The normalized spacial score (nSPS) is 11.7. The summed E-state index contributed by atoms with van der Waals surface area (Å²) >= 11 is 0. The number of fused-ring (bicyclic) bond motifs is 10. The van der Waals surface area contributed by atoms with Crippen LogP contribution in [0, 0.1) is 0 Å².